The largest absolute Gasteiger partial charge is 0.302 e. The Morgan fingerprint density at radius 2 is 1.90 bits per heavy atom. The maximum absolute atomic E-state index is 10.1. The Hall–Kier alpha value is -2.03. The Morgan fingerprint density at radius 1 is 1.14 bits per heavy atom. The first kappa shape index (κ1) is 20.3. The molecule has 0 unspecified atom stereocenters. The molecule has 1 aromatic heterocycles. The smallest absolute Gasteiger partial charge is 0.115 e. The van der Waals surface area contributed by atoms with E-state index in [1.54, 1.807) is 11.8 Å². The Bertz CT molecular complexity index is 1090. The van der Waals surface area contributed by atoms with Crippen LogP contribution < -0.4 is 0 Å². The van der Waals surface area contributed by atoms with Gasteiger partial charge in [0.25, 0.3) is 0 Å². The van der Waals surface area contributed by atoms with Gasteiger partial charge >= 0.3 is 0 Å². The van der Waals surface area contributed by atoms with E-state index in [0.717, 1.165) is 58.2 Å². The molecule has 0 fully saturated rings. The normalized spacial score (nSPS) is 13.7. The first-order chi connectivity index (χ1) is 14.1. The third-order valence-electron chi connectivity index (χ3n) is 5.05. The second kappa shape index (κ2) is 8.77. The maximum Gasteiger partial charge on any atom is 0.115 e. The van der Waals surface area contributed by atoms with E-state index in [1.165, 1.54) is 0 Å². The minimum atomic E-state index is 0.603. The van der Waals surface area contributed by atoms with Crippen molar-refractivity contribution in [1.82, 2.24) is 9.88 Å². The molecule has 1 aliphatic heterocycles. The summed E-state index contributed by atoms with van der Waals surface area (Å²) < 4.78 is 0. The number of thioether (sulfide) groups is 1. The maximum atomic E-state index is 10.1. The van der Waals surface area contributed by atoms with Crippen LogP contribution in [0.5, 0.6) is 0 Å². The Labute approximate surface area is 185 Å². The molecule has 0 saturated heterocycles. The van der Waals surface area contributed by atoms with Gasteiger partial charge in [-0.3, -0.25) is 0 Å². The van der Waals surface area contributed by atoms with Crippen LogP contribution in [-0.4, -0.2) is 23.5 Å². The highest BCUT2D eigenvalue weighted by atomic mass is 35.5. The van der Waals surface area contributed by atoms with Crippen molar-refractivity contribution in [2.75, 3.05) is 13.6 Å². The number of rotatable bonds is 4. The number of pyridine rings is 1. The number of halogens is 2. The Balaban J connectivity index is 1.82. The van der Waals surface area contributed by atoms with Crippen molar-refractivity contribution in [2.24, 2.45) is 0 Å². The first-order valence-corrected chi connectivity index (χ1v) is 11.1. The van der Waals surface area contributed by atoms with Crippen molar-refractivity contribution >= 4 is 35.0 Å². The third kappa shape index (κ3) is 4.29. The fraction of sp³-hybridized carbons (Fsp3) is 0.217. The molecule has 0 atom stereocenters. The van der Waals surface area contributed by atoms with Crippen LogP contribution in [0.1, 0.15) is 22.4 Å². The van der Waals surface area contributed by atoms with Crippen molar-refractivity contribution in [3.05, 3.63) is 81.0 Å². The highest BCUT2D eigenvalue weighted by Gasteiger charge is 2.25. The predicted molar refractivity (Wildman–Crippen MR) is 120 cm³/mol. The van der Waals surface area contributed by atoms with Crippen molar-refractivity contribution in [3.63, 3.8) is 0 Å². The average molecular weight is 440 g/mol. The minimum absolute atomic E-state index is 0.603. The zero-order valence-electron chi connectivity index (χ0n) is 16.0. The average Bonchev–Trinajstić information content (AvgIpc) is 2.73. The molecule has 0 spiro atoms. The number of hydrogen-bond acceptors (Lipinski definition) is 4. The van der Waals surface area contributed by atoms with Gasteiger partial charge in [0.15, 0.2) is 0 Å². The van der Waals surface area contributed by atoms with Gasteiger partial charge < -0.3 is 4.90 Å². The summed E-state index contributed by atoms with van der Waals surface area (Å²) in [5.41, 5.74) is 5.74. The standard InChI is InChI=1S/C23H19Cl2N3S/c1-28-11-10-21-19(13-28)22(17-4-2-3-5-20(17)25)18(12-26)23(27-21)29-14-15-6-8-16(24)9-7-15/h2-9H,10-11,13-14H2,1H3. The van der Waals surface area contributed by atoms with Crippen LogP contribution in [0.25, 0.3) is 11.1 Å². The van der Waals surface area contributed by atoms with Crippen molar-refractivity contribution in [2.45, 2.75) is 23.7 Å². The summed E-state index contributed by atoms with van der Waals surface area (Å²) in [5.74, 6) is 0.722. The number of aromatic nitrogens is 1. The van der Waals surface area contributed by atoms with Crippen LogP contribution in [0.4, 0.5) is 0 Å². The van der Waals surface area contributed by atoms with Crippen LogP contribution >= 0.6 is 35.0 Å². The highest BCUT2D eigenvalue weighted by Crippen LogP contribution is 2.40. The van der Waals surface area contributed by atoms with Crippen LogP contribution in [0.2, 0.25) is 10.0 Å². The summed E-state index contributed by atoms with van der Waals surface area (Å²) in [5, 5.41) is 12.2. The summed E-state index contributed by atoms with van der Waals surface area (Å²) in [6.07, 6.45) is 0.865. The second-order valence-electron chi connectivity index (χ2n) is 7.09. The van der Waals surface area contributed by atoms with Crippen molar-refractivity contribution < 1.29 is 0 Å². The fourth-order valence-electron chi connectivity index (χ4n) is 3.57. The zero-order valence-corrected chi connectivity index (χ0v) is 18.3. The van der Waals surface area contributed by atoms with Crippen molar-refractivity contribution in [3.8, 4) is 17.2 Å². The lowest BCUT2D eigenvalue weighted by Gasteiger charge is -2.28. The topological polar surface area (TPSA) is 39.9 Å². The third-order valence-corrected chi connectivity index (χ3v) is 6.68. The second-order valence-corrected chi connectivity index (χ2v) is 8.89. The summed E-state index contributed by atoms with van der Waals surface area (Å²) in [4.78, 5) is 7.17. The summed E-state index contributed by atoms with van der Waals surface area (Å²) >= 11 is 14.1. The SMILES string of the molecule is CN1CCc2nc(SCc3ccc(Cl)cc3)c(C#N)c(-c3ccccc3Cl)c2C1. The van der Waals surface area contributed by atoms with Gasteiger partial charge in [-0.05, 0) is 36.4 Å². The lowest BCUT2D eigenvalue weighted by molar-refractivity contribution is 0.309. The predicted octanol–water partition coefficient (Wildman–Crippen LogP) is 6.21. The zero-order chi connectivity index (χ0) is 20.4. The molecule has 29 heavy (non-hydrogen) atoms. The summed E-state index contributed by atoms with van der Waals surface area (Å²) in [6.45, 7) is 1.72. The van der Waals surface area contributed by atoms with E-state index in [2.05, 4.69) is 18.0 Å². The number of nitriles is 1. The van der Waals surface area contributed by atoms with Crippen LogP contribution in [0.15, 0.2) is 53.6 Å². The lowest BCUT2D eigenvalue weighted by atomic mass is 9.92. The summed E-state index contributed by atoms with van der Waals surface area (Å²) in [6, 6.07) is 17.9. The van der Waals surface area contributed by atoms with Gasteiger partial charge in [0, 0.05) is 52.1 Å². The van der Waals surface area contributed by atoms with Gasteiger partial charge in [0.1, 0.15) is 11.1 Å². The molecule has 3 nitrogen and oxygen atoms in total. The quantitative estimate of drug-likeness (QED) is 0.453. The molecule has 2 heterocycles. The Kier molecular flexibility index (Phi) is 6.12. The molecule has 0 radical (unpaired) electrons. The molecule has 6 heteroatoms. The van der Waals surface area contributed by atoms with E-state index in [0.29, 0.717) is 15.6 Å². The minimum Gasteiger partial charge on any atom is -0.302 e. The van der Waals surface area contributed by atoms with Gasteiger partial charge in [-0.2, -0.15) is 5.26 Å². The van der Waals surface area contributed by atoms with E-state index in [-0.39, 0.29) is 0 Å². The number of hydrogen-bond donors (Lipinski definition) is 0. The molecule has 2 aromatic carbocycles. The molecule has 0 aliphatic carbocycles. The van der Waals surface area contributed by atoms with Gasteiger partial charge in [-0.25, -0.2) is 4.98 Å². The molecular weight excluding hydrogens is 421 g/mol. The molecule has 3 aromatic rings. The molecule has 146 valence electrons. The van der Waals surface area contributed by atoms with Crippen LogP contribution in [-0.2, 0) is 18.7 Å². The summed E-state index contributed by atoms with van der Waals surface area (Å²) in [7, 11) is 2.09. The molecule has 4 rings (SSSR count). The highest BCUT2D eigenvalue weighted by molar-refractivity contribution is 7.98. The van der Waals surface area contributed by atoms with E-state index in [9.17, 15) is 5.26 Å². The fourth-order valence-corrected chi connectivity index (χ4v) is 4.89. The number of fused-ring (bicyclic) bond motifs is 1. The van der Waals surface area contributed by atoms with Crippen molar-refractivity contribution in [1.29, 1.82) is 5.26 Å². The molecule has 1 aliphatic rings. The van der Waals surface area contributed by atoms with Gasteiger partial charge in [-0.15, -0.1) is 11.8 Å². The van der Waals surface area contributed by atoms with E-state index in [1.807, 2.05) is 48.5 Å². The number of benzene rings is 2. The number of likely N-dealkylation sites (N-methyl/N-ethyl adjacent to an activating group) is 1. The molecular formula is C23H19Cl2N3S. The Morgan fingerprint density at radius 3 is 2.62 bits per heavy atom. The van der Waals surface area contributed by atoms with E-state index >= 15 is 0 Å². The number of nitrogens with zero attached hydrogens (tertiary/aromatic N) is 3. The van der Waals surface area contributed by atoms with Crippen LogP contribution in [0.3, 0.4) is 0 Å². The van der Waals surface area contributed by atoms with Gasteiger partial charge in [0.2, 0.25) is 0 Å². The van der Waals surface area contributed by atoms with E-state index < -0.39 is 0 Å². The molecule has 0 N–H and O–H groups in total. The van der Waals surface area contributed by atoms with Gasteiger partial charge in [0.05, 0.1) is 5.56 Å². The molecule has 0 bridgehead atoms. The lowest BCUT2D eigenvalue weighted by Crippen LogP contribution is -2.28. The van der Waals surface area contributed by atoms with Crippen LogP contribution in [0, 0.1) is 11.3 Å². The van der Waals surface area contributed by atoms with E-state index in [4.69, 9.17) is 28.2 Å². The molecule has 0 saturated carbocycles. The first-order valence-electron chi connectivity index (χ1n) is 9.33. The monoisotopic (exact) mass is 439 g/mol. The molecule has 0 amide bonds. The van der Waals surface area contributed by atoms with Gasteiger partial charge in [-0.1, -0.05) is 53.5 Å².